The lowest BCUT2D eigenvalue weighted by Gasteiger charge is -2.16. The van der Waals surface area contributed by atoms with E-state index >= 15 is 0 Å². The molecule has 1 heterocycles. The highest BCUT2D eigenvalue weighted by molar-refractivity contribution is 7.80. The molecule has 3 N–H and O–H groups in total. The summed E-state index contributed by atoms with van der Waals surface area (Å²) in [5, 5.41) is 9.55. The highest BCUT2D eigenvalue weighted by atomic mass is 32.1. The van der Waals surface area contributed by atoms with Crippen LogP contribution in [0, 0.1) is 12.7 Å². The number of ether oxygens (including phenoxy) is 1. The van der Waals surface area contributed by atoms with Crippen molar-refractivity contribution < 1.29 is 9.13 Å². The van der Waals surface area contributed by atoms with Gasteiger partial charge >= 0.3 is 0 Å². The Labute approximate surface area is 145 Å². The number of nitrogens with zero attached hydrogens (tertiary/aromatic N) is 2. The standard InChI is InChI=1S/C16H20FN5OS/c1-10-8-14(20-13-6-4-12(17)5-7-13)21-15(18-10)22-16(24)19-11(2)9-23-3/h4-8,11H,9H2,1-3H3,(H3,18,19,20,21,22,24)/t11-/m0/s1. The summed E-state index contributed by atoms with van der Waals surface area (Å²) in [7, 11) is 1.63. The summed E-state index contributed by atoms with van der Waals surface area (Å²) in [4.78, 5) is 8.66. The topological polar surface area (TPSA) is 71.1 Å². The van der Waals surface area contributed by atoms with E-state index in [1.54, 1.807) is 25.3 Å². The monoisotopic (exact) mass is 349 g/mol. The average Bonchev–Trinajstić information content (AvgIpc) is 2.49. The number of methoxy groups -OCH3 is 1. The zero-order valence-corrected chi connectivity index (χ0v) is 14.6. The summed E-state index contributed by atoms with van der Waals surface area (Å²) in [6.07, 6.45) is 0. The molecule has 0 aliphatic carbocycles. The maximum absolute atomic E-state index is 13.0. The van der Waals surface area contributed by atoms with Crippen molar-refractivity contribution in [3.8, 4) is 0 Å². The number of halogens is 1. The minimum atomic E-state index is -0.289. The van der Waals surface area contributed by atoms with Crippen molar-refractivity contribution in [3.05, 3.63) is 41.8 Å². The zero-order valence-electron chi connectivity index (χ0n) is 13.8. The van der Waals surface area contributed by atoms with Gasteiger partial charge in [0.25, 0.3) is 0 Å². The second-order valence-corrected chi connectivity index (χ2v) is 5.71. The fourth-order valence-corrected chi connectivity index (χ4v) is 2.32. The van der Waals surface area contributed by atoms with Crippen LogP contribution in [0.5, 0.6) is 0 Å². The quantitative estimate of drug-likeness (QED) is 0.693. The normalized spacial score (nSPS) is 11.7. The Hall–Kier alpha value is -2.32. The molecule has 6 nitrogen and oxygen atoms in total. The molecule has 24 heavy (non-hydrogen) atoms. The van der Waals surface area contributed by atoms with E-state index in [0.717, 1.165) is 11.4 Å². The Morgan fingerprint density at radius 3 is 2.67 bits per heavy atom. The molecular formula is C16H20FN5OS. The molecule has 0 aliphatic heterocycles. The summed E-state index contributed by atoms with van der Waals surface area (Å²) in [5.41, 5.74) is 1.50. The van der Waals surface area contributed by atoms with Gasteiger partial charge in [-0.1, -0.05) is 0 Å². The molecule has 8 heteroatoms. The molecule has 0 aliphatic rings. The molecule has 2 rings (SSSR count). The molecule has 2 aromatic rings. The van der Waals surface area contributed by atoms with Crippen molar-refractivity contribution in [2.45, 2.75) is 19.9 Å². The van der Waals surface area contributed by atoms with Gasteiger partial charge in [0.05, 0.1) is 6.61 Å². The number of anilines is 3. The van der Waals surface area contributed by atoms with Crippen molar-refractivity contribution in [1.29, 1.82) is 0 Å². The molecule has 0 fully saturated rings. The molecule has 1 aromatic carbocycles. The molecular weight excluding hydrogens is 329 g/mol. The summed E-state index contributed by atoms with van der Waals surface area (Å²) in [6.45, 7) is 4.34. The molecule has 0 bridgehead atoms. The minimum absolute atomic E-state index is 0.0663. The lowest BCUT2D eigenvalue weighted by atomic mass is 10.3. The van der Waals surface area contributed by atoms with E-state index in [1.807, 2.05) is 13.8 Å². The van der Waals surface area contributed by atoms with Crippen LogP contribution in [0.4, 0.5) is 21.8 Å². The van der Waals surface area contributed by atoms with E-state index in [0.29, 0.717) is 23.5 Å². The fourth-order valence-electron chi connectivity index (χ4n) is 2.02. The lowest BCUT2D eigenvalue weighted by Crippen LogP contribution is -2.38. The van der Waals surface area contributed by atoms with Gasteiger partial charge in [-0.2, -0.15) is 4.98 Å². The van der Waals surface area contributed by atoms with Gasteiger partial charge < -0.3 is 20.7 Å². The smallest absolute Gasteiger partial charge is 0.231 e. The Bertz CT molecular complexity index is 695. The van der Waals surface area contributed by atoms with Gasteiger partial charge in [0.1, 0.15) is 11.6 Å². The van der Waals surface area contributed by atoms with Gasteiger partial charge in [0.2, 0.25) is 5.95 Å². The summed E-state index contributed by atoms with van der Waals surface area (Å²) < 4.78 is 18.0. The Balaban J connectivity index is 2.05. The third-order valence-corrected chi connectivity index (χ3v) is 3.21. The van der Waals surface area contributed by atoms with Gasteiger partial charge in [-0.3, -0.25) is 0 Å². The first kappa shape index (κ1) is 18.0. The lowest BCUT2D eigenvalue weighted by molar-refractivity contribution is 0.179. The first-order valence-corrected chi connectivity index (χ1v) is 7.82. The van der Waals surface area contributed by atoms with Crippen LogP contribution in [0.25, 0.3) is 0 Å². The second-order valence-electron chi connectivity index (χ2n) is 5.30. The molecule has 128 valence electrons. The van der Waals surface area contributed by atoms with Crippen molar-refractivity contribution in [3.63, 3.8) is 0 Å². The number of thiocarbonyl (C=S) groups is 1. The minimum Gasteiger partial charge on any atom is -0.383 e. The highest BCUT2D eigenvalue weighted by Crippen LogP contribution is 2.17. The van der Waals surface area contributed by atoms with E-state index in [2.05, 4.69) is 25.9 Å². The predicted octanol–water partition coefficient (Wildman–Crippen LogP) is 2.99. The number of rotatable bonds is 6. The molecule has 0 radical (unpaired) electrons. The third kappa shape index (κ3) is 5.71. The van der Waals surface area contributed by atoms with Crippen LogP contribution >= 0.6 is 12.2 Å². The second kappa shape index (κ2) is 8.51. The molecule has 0 saturated heterocycles. The van der Waals surface area contributed by atoms with Crippen LogP contribution in [-0.4, -0.2) is 34.8 Å². The summed E-state index contributed by atoms with van der Waals surface area (Å²) in [6, 6.07) is 7.89. The summed E-state index contributed by atoms with van der Waals surface area (Å²) >= 11 is 5.24. The number of nitrogens with one attached hydrogen (secondary N) is 3. The number of hydrogen-bond acceptors (Lipinski definition) is 5. The third-order valence-electron chi connectivity index (χ3n) is 2.99. The number of aryl methyl sites for hydroxylation is 1. The Morgan fingerprint density at radius 2 is 2.00 bits per heavy atom. The van der Waals surface area contributed by atoms with Gasteiger partial charge in [-0.05, 0) is 50.3 Å². The van der Waals surface area contributed by atoms with E-state index in [4.69, 9.17) is 17.0 Å². The van der Waals surface area contributed by atoms with E-state index < -0.39 is 0 Å². The first-order chi connectivity index (χ1) is 11.5. The van der Waals surface area contributed by atoms with Crippen molar-refractivity contribution in [2.75, 3.05) is 24.4 Å². The van der Waals surface area contributed by atoms with Crippen LogP contribution in [0.2, 0.25) is 0 Å². The maximum atomic E-state index is 13.0. The van der Waals surface area contributed by atoms with Gasteiger partial charge in [-0.15, -0.1) is 0 Å². The van der Waals surface area contributed by atoms with Crippen molar-refractivity contribution >= 4 is 34.8 Å². The SMILES string of the molecule is COC[C@H](C)NC(=S)Nc1nc(C)cc(Nc2ccc(F)cc2)n1. The van der Waals surface area contributed by atoms with E-state index in [-0.39, 0.29) is 11.9 Å². The van der Waals surface area contributed by atoms with Gasteiger partial charge in [0, 0.05) is 30.6 Å². The number of benzene rings is 1. The number of hydrogen-bond donors (Lipinski definition) is 3. The predicted molar refractivity (Wildman–Crippen MR) is 97.1 cm³/mol. The molecule has 1 atom stereocenters. The molecule has 0 spiro atoms. The molecule has 0 unspecified atom stereocenters. The molecule has 1 aromatic heterocycles. The van der Waals surface area contributed by atoms with Crippen LogP contribution in [0.3, 0.4) is 0 Å². The van der Waals surface area contributed by atoms with Crippen LogP contribution in [-0.2, 0) is 4.74 Å². The van der Waals surface area contributed by atoms with Crippen LogP contribution < -0.4 is 16.0 Å². The number of aromatic nitrogens is 2. The highest BCUT2D eigenvalue weighted by Gasteiger charge is 2.07. The van der Waals surface area contributed by atoms with Crippen LogP contribution in [0.1, 0.15) is 12.6 Å². The van der Waals surface area contributed by atoms with Gasteiger partial charge in [-0.25, -0.2) is 9.37 Å². The van der Waals surface area contributed by atoms with Crippen LogP contribution in [0.15, 0.2) is 30.3 Å². The van der Waals surface area contributed by atoms with E-state index in [9.17, 15) is 4.39 Å². The Morgan fingerprint density at radius 1 is 1.29 bits per heavy atom. The average molecular weight is 349 g/mol. The zero-order chi connectivity index (χ0) is 17.5. The summed E-state index contributed by atoms with van der Waals surface area (Å²) in [5.74, 6) is 0.675. The fraction of sp³-hybridized carbons (Fsp3) is 0.312. The molecule has 0 saturated carbocycles. The first-order valence-electron chi connectivity index (χ1n) is 7.41. The Kier molecular flexibility index (Phi) is 6.39. The molecule has 0 amide bonds. The van der Waals surface area contributed by atoms with Crippen molar-refractivity contribution in [2.24, 2.45) is 0 Å². The maximum Gasteiger partial charge on any atom is 0.231 e. The van der Waals surface area contributed by atoms with Crippen molar-refractivity contribution in [1.82, 2.24) is 15.3 Å². The van der Waals surface area contributed by atoms with Gasteiger partial charge in [0.15, 0.2) is 5.11 Å². The van der Waals surface area contributed by atoms with E-state index in [1.165, 1.54) is 12.1 Å². The largest absolute Gasteiger partial charge is 0.383 e.